The number of fused-ring (bicyclic) bond motifs is 1. The van der Waals surface area contributed by atoms with E-state index >= 15 is 0 Å². The zero-order valence-corrected chi connectivity index (χ0v) is 11.8. The Hall–Kier alpha value is -2.14. The molecule has 21 heavy (non-hydrogen) atoms. The van der Waals surface area contributed by atoms with E-state index in [0.29, 0.717) is 5.75 Å². The molecule has 1 aliphatic heterocycles. The minimum absolute atomic E-state index is 0.270. The van der Waals surface area contributed by atoms with Gasteiger partial charge in [-0.3, -0.25) is 4.98 Å². The number of imidazole rings is 1. The Morgan fingerprint density at radius 1 is 1.10 bits per heavy atom. The van der Waals surface area contributed by atoms with Gasteiger partial charge in [0.2, 0.25) is 0 Å². The lowest BCUT2D eigenvalue weighted by Gasteiger charge is -2.07. The fraction of sp³-hybridized carbons (Fsp3) is 0.125. The fourth-order valence-electron chi connectivity index (χ4n) is 2.46. The molecule has 3 nitrogen and oxygen atoms in total. The molecule has 2 aromatic heterocycles. The lowest BCUT2D eigenvalue weighted by atomic mass is 10.1. The van der Waals surface area contributed by atoms with Gasteiger partial charge in [-0.15, -0.1) is 0 Å². The van der Waals surface area contributed by atoms with Gasteiger partial charge in [-0.05, 0) is 36.4 Å². The lowest BCUT2D eigenvalue weighted by Crippen LogP contribution is -1.97. The molecule has 4 rings (SSSR count). The second-order valence-electron chi connectivity index (χ2n) is 4.70. The Bertz CT molecular complexity index is 817. The fourth-order valence-corrected chi connectivity index (χ4v) is 3.30. The predicted octanol–water partition coefficient (Wildman–Crippen LogP) is 3.86. The van der Waals surface area contributed by atoms with E-state index < -0.39 is 0 Å². The van der Waals surface area contributed by atoms with E-state index in [1.165, 1.54) is 12.1 Å². The minimum Gasteiger partial charge on any atom is -0.318 e. The first kappa shape index (κ1) is 11.5. The zero-order chi connectivity index (χ0) is 15.1. The Morgan fingerprint density at radius 3 is 2.62 bits per heavy atom. The first-order valence-corrected chi connectivity index (χ1v) is 7.56. The molecule has 3 aromatic rings. The largest absolute Gasteiger partial charge is 0.318 e. The molecule has 0 saturated carbocycles. The van der Waals surface area contributed by atoms with Gasteiger partial charge >= 0.3 is 0 Å². The molecule has 1 unspecified atom stereocenters. The van der Waals surface area contributed by atoms with Crippen LogP contribution in [0.25, 0.3) is 22.5 Å². The summed E-state index contributed by atoms with van der Waals surface area (Å²) >= 11 is 1.58. The second-order valence-corrected chi connectivity index (χ2v) is 5.69. The third-order valence-corrected chi connectivity index (χ3v) is 4.28. The molecule has 1 atom stereocenters. The summed E-state index contributed by atoms with van der Waals surface area (Å²) in [5.41, 5.74) is 3.50. The average molecular weight is 298 g/mol. The van der Waals surface area contributed by atoms with Crippen LogP contribution in [0.3, 0.4) is 0 Å². The smallest absolute Gasteiger partial charge is 0.169 e. The summed E-state index contributed by atoms with van der Waals surface area (Å²) in [5, 5.41) is 0.839. The SMILES string of the molecule is [2H]C1CSc2nc(-c3ccc(F)cc3)c(-c3ccncc3)n21. The molecule has 5 heteroatoms. The minimum atomic E-state index is -0.357. The summed E-state index contributed by atoms with van der Waals surface area (Å²) in [6.07, 6.45) is 3.45. The average Bonchev–Trinajstić information content (AvgIpc) is 3.09. The number of rotatable bonds is 2. The number of thioether (sulfide) groups is 1. The van der Waals surface area contributed by atoms with Gasteiger partial charge in [0, 0.05) is 35.8 Å². The molecular weight excluding hydrogens is 285 g/mol. The highest BCUT2D eigenvalue weighted by atomic mass is 32.2. The van der Waals surface area contributed by atoms with E-state index in [4.69, 9.17) is 1.37 Å². The van der Waals surface area contributed by atoms with Crippen molar-refractivity contribution in [2.75, 3.05) is 5.75 Å². The standard InChI is InChI=1S/C16H12FN3S/c17-13-3-1-11(2-4-13)14-15(12-5-7-18-8-6-12)20-9-10-21-16(20)19-14/h1-8H,9-10H2/i9D. The van der Waals surface area contributed by atoms with Crippen LogP contribution in [0.5, 0.6) is 0 Å². The Morgan fingerprint density at radius 2 is 1.86 bits per heavy atom. The Kier molecular flexibility index (Phi) is 2.74. The highest BCUT2D eigenvalue weighted by Gasteiger charge is 2.23. The van der Waals surface area contributed by atoms with Gasteiger partial charge in [-0.25, -0.2) is 9.37 Å². The highest BCUT2D eigenvalue weighted by Crippen LogP contribution is 2.38. The summed E-state index contributed by atoms with van der Waals surface area (Å²) in [7, 11) is 0. The first-order valence-electron chi connectivity index (χ1n) is 7.15. The van der Waals surface area contributed by atoms with Gasteiger partial charge in [0.1, 0.15) is 5.82 Å². The molecule has 0 fully saturated rings. The number of hydrogen-bond acceptors (Lipinski definition) is 3. The van der Waals surface area contributed by atoms with Crippen LogP contribution in [0.4, 0.5) is 4.39 Å². The zero-order valence-electron chi connectivity index (χ0n) is 12.0. The van der Waals surface area contributed by atoms with Crippen molar-refractivity contribution in [2.24, 2.45) is 0 Å². The third kappa shape index (κ3) is 2.14. The maximum atomic E-state index is 13.2. The summed E-state index contributed by atoms with van der Waals surface area (Å²) < 4.78 is 23.4. The summed E-state index contributed by atoms with van der Waals surface area (Å²) in [5.74, 6) is 0.429. The van der Waals surface area contributed by atoms with Crippen LogP contribution in [0, 0.1) is 5.82 Å². The number of hydrogen-bond donors (Lipinski definition) is 0. The highest BCUT2D eigenvalue weighted by molar-refractivity contribution is 7.99. The molecule has 3 heterocycles. The summed E-state index contributed by atoms with van der Waals surface area (Å²) in [4.78, 5) is 8.73. The Balaban J connectivity index is 1.96. The molecule has 0 radical (unpaired) electrons. The van der Waals surface area contributed by atoms with E-state index in [1.54, 1.807) is 36.3 Å². The monoisotopic (exact) mass is 298 g/mol. The van der Waals surface area contributed by atoms with E-state index in [-0.39, 0.29) is 12.3 Å². The normalized spacial score (nSPS) is 17.6. The number of pyridine rings is 1. The topological polar surface area (TPSA) is 30.7 Å². The van der Waals surface area contributed by atoms with Crippen LogP contribution < -0.4 is 0 Å². The van der Waals surface area contributed by atoms with Crippen LogP contribution in [-0.4, -0.2) is 20.3 Å². The van der Waals surface area contributed by atoms with Crippen molar-refractivity contribution >= 4 is 11.8 Å². The quantitative estimate of drug-likeness (QED) is 0.720. The van der Waals surface area contributed by atoms with Crippen molar-refractivity contribution in [1.29, 1.82) is 0 Å². The summed E-state index contributed by atoms with van der Waals surface area (Å²) in [6, 6.07) is 10.1. The van der Waals surface area contributed by atoms with Crippen LogP contribution in [0.15, 0.2) is 53.9 Å². The molecule has 1 aliphatic rings. The van der Waals surface area contributed by atoms with E-state index in [9.17, 15) is 4.39 Å². The maximum absolute atomic E-state index is 13.2. The van der Waals surface area contributed by atoms with Crippen LogP contribution in [0.1, 0.15) is 1.37 Å². The number of benzene rings is 1. The molecule has 1 aromatic carbocycles. The van der Waals surface area contributed by atoms with Crippen molar-refractivity contribution in [1.82, 2.24) is 14.5 Å². The predicted molar refractivity (Wildman–Crippen MR) is 81.6 cm³/mol. The number of nitrogens with zero attached hydrogens (tertiary/aromatic N) is 3. The van der Waals surface area contributed by atoms with Gasteiger partial charge in [0.05, 0.1) is 12.8 Å². The lowest BCUT2D eigenvalue weighted by molar-refractivity contribution is 0.628. The molecule has 0 aliphatic carbocycles. The van der Waals surface area contributed by atoms with Crippen molar-refractivity contribution in [3.63, 3.8) is 0 Å². The molecule has 0 spiro atoms. The molecule has 104 valence electrons. The molecule has 0 amide bonds. The van der Waals surface area contributed by atoms with Gasteiger partial charge < -0.3 is 4.57 Å². The number of halogens is 1. The van der Waals surface area contributed by atoms with Crippen LogP contribution >= 0.6 is 11.8 Å². The van der Waals surface area contributed by atoms with E-state index in [1.807, 2.05) is 16.7 Å². The molecule has 0 bridgehead atoms. The van der Waals surface area contributed by atoms with Crippen molar-refractivity contribution in [3.8, 4) is 22.5 Å². The van der Waals surface area contributed by atoms with Crippen molar-refractivity contribution < 1.29 is 5.76 Å². The van der Waals surface area contributed by atoms with E-state index in [2.05, 4.69) is 9.97 Å². The van der Waals surface area contributed by atoms with Crippen molar-refractivity contribution in [3.05, 3.63) is 54.6 Å². The maximum Gasteiger partial charge on any atom is 0.169 e. The van der Waals surface area contributed by atoms with Gasteiger partial charge in [-0.2, -0.15) is 0 Å². The molecule has 0 N–H and O–H groups in total. The van der Waals surface area contributed by atoms with Gasteiger partial charge in [0.15, 0.2) is 5.16 Å². The third-order valence-electron chi connectivity index (χ3n) is 3.42. The van der Waals surface area contributed by atoms with Crippen LogP contribution in [-0.2, 0) is 6.52 Å². The second kappa shape index (κ2) is 5.00. The van der Waals surface area contributed by atoms with E-state index in [0.717, 1.165) is 27.7 Å². The molecular formula is C16H12FN3S. The van der Waals surface area contributed by atoms with Crippen LogP contribution in [0.2, 0.25) is 0 Å². The number of aromatic nitrogens is 3. The summed E-state index contributed by atoms with van der Waals surface area (Å²) in [6.45, 7) is -0.357. The van der Waals surface area contributed by atoms with Gasteiger partial charge in [0.25, 0.3) is 0 Å². The van der Waals surface area contributed by atoms with Gasteiger partial charge in [-0.1, -0.05) is 11.8 Å². The van der Waals surface area contributed by atoms with Crippen molar-refractivity contribution in [2.45, 2.75) is 11.7 Å². The first-order chi connectivity index (χ1) is 10.7. The Labute approximate surface area is 127 Å². The molecule has 0 saturated heterocycles.